The Bertz CT molecular complexity index is 957. The van der Waals surface area contributed by atoms with E-state index in [0.29, 0.717) is 6.61 Å². The van der Waals surface area contributed by atoms with Gasteiger partial charge in [0, 0.05) is 31.3 Å². The van der Waals surface area contributed by atoms with E-state index in [2.05, 4.69) is 56.9 Å². The number of aryl methyl sites for hydroxylation is 2. The molecule has 0 aliphatic carbocycles. The maximum Gasteiger partial charge on any atom is 0.149 e. The smallest absolute Gasteiger partial charge is 0.149 e. The van der Waals surface area contributed by atoms with Crippen LogP contribution in [0.1, 0.15) is 37.8 Å². The number of ether oxygens (including phenoxy) is 2. The quantitative estimate of drug-likeness (QED) is 0.385. The zero-order valence-electron chi connectivity index (χ0n) is 15.4. The molecule has 1 heterocycles. The van der Waals surface area contributed by atoms with Crippen molar-refractivity contribution >= 4 is 31.5 Å². The lowest BCUT2D eigenvalue weighted by Gasteiger charge is -2.09. The third kappa shape index (κ3) is 3.45. The van der Waals surface area contributed by atoms with E-state index in [1.807, 2.05) is 18.3 Å². The fraction of sp³-hybridized carbons (Fsp3) is 0.364. The summed E-state index contributed by atoms with van der Waals surface area (Å²) >= 11 is 1.83. The molecule has 3 heteroatoms. The van der Waals surface area contributed by atoms with Crippen LogP contribution in [-0.4, -0.2) is 13.2 Å². The maximum absolute atomic E-state index is 5.97. The number of hydrogen-bond acceptors (Lipinski definition) is 3. The standard InChI is InChI=1S/C22H24O2S/c1-5-7-13-23-19-11-9-17-18-10-12-20(24-14-8-6-2)16(4)22(18)25-21(17)15(19)3/h9-12H,5,7,13-14H2,1-4H3. The Balaban J connectivity index is 2.03. The molecule has 0 aliphatic rings. The Morgan fingerprint density at radius 1 is 0.920 bits per heavy atom. The molecule has 130 valence electrons. The molecule has 2 nitrogen and oxygen atoms in total. The number of benzene rings is 2. The van der Waals surface area contributed by atoms with Crippen LogP contribution in [0.4, 0.5) is 0 Å². The molecule has 0 radical (unpaired) electrons. The van der Waals surface area contributed by atoms with Crippen LogP contribution in [0.3, 0.4) is 0 Å². The molecule has 3 rings (SSSR count). The van der Waals surface area contributed by atoms with Crippen LogP contribution in [0.2, 0.25) is 0 Å². The summed E-state index contributed by atoms with van der Waals surface area (Å²) in [5.41, 5.74) is 2.41. The number of thiophene rings is 1. The van der Waals surface area contributed by atoms with Gasteiger partial charge in [0.25, 0.3) is 0 Å². The van der Waals surface area contributed by atoms with Gasteiger partial charge in [-0.25, -0.2) is 0 Å². The minimum Gasteiger partial charge on any atom is -0.493 e. The maximum atomic E-state index is 5.97. The molecule has 0 spiro atoms. The van der Waals surface area contributed by atoms with Gasteiger partial charge in [-0.3, -0.25) is 0 Å². The van der Waals surface area contributed by atoms with Crippen molar-refractivity contribution in [1.29, 1.82) is 0 Å². The van der Waals surface area contributed by atoms with E-state index >= 15 is 0 Å². The van der Waals surface area contributed by atoms with Gasteiger partial charge in [0.1, 0.15) is 18.1 Å². The molecular formula is C22H24O2S. The molecule has 0 aliphatic heterocycles. The second kappa shape index (κ2) is 7.80. The van der Waals surface area contributed by atoms with Gasteiger partial charge in [0.05, 0.1) is 6.61 Å². The van der Waals surface area contributed by atoms with Crippen molar-refractivity contribution in [3.05, 3.63) is 35.4 Å². The molecule has 0 amide bonds. The Kier molecular flexibility index (Phi) is 5.50. The highest BCUT2D eigenvalue weighted by Crippen LogP contribution is 2.42. The third-order valence-electron chi connectivity index (χ3n) is 4.44. The average Bonchev–Trinajstić information content (AvgIpc) is 3.00. The Morgan fingerprint density at radius 3 is 2.08 bits per heavy atom. The largest absolute Gasteiger partial charge is 0.493 e. The van der Waals surface area contributed by atoms with E-state index < -0.39 is 0 Å². The SMILES string of the molecule is CC#CCOc1ccc2c(sc3c(C)c(OCCCC)ccc32)c1C. The predicted octanol–water partition coefficient (Wildman–Crippen LogP) is 6.25. The van der Waals surface area contributed by atoms with Gasteiger partial charge in [-0.2, -0.15) is 0 Å². The molecule has 2 aromatic carbocycles. The first kappa shape index (κ1) is 17.6. The van der Waals surface area contributed by atoms with E-state index in [-0.39, 0.29) is 0 Å². The Morgan fingerprint density at radius 2 is 1.52 bits per heavy atom. The summed E-state index contributed by atoms with van der Waals surface area (Å²) in [5, 5.41) is 2.58. The molecule has 0 bridgehead atoms. The van der Waals surface area contributed by atoms with Crippen molar-refractivity contribution in [3.63, 3.8) is 0 Å². The average molecular weight is 352 g/mol. The zero-order chi connectivity index (χ0) is 17.8. The van der Waals surface area contributed by atoms with Crippen LogP contribution in [0, 0.1) is 25.7 Å². The van der Waals surface area contributed by atoms with Gasteiger partial charge >= 0.3 is 0 Å². The Labute approximate surface area is 153 Å². The van der Waals surface area contributed by atoms with E-state index in [1.54, 1.807) is 0 Å². The summed E-state index contributed by atoms with van der Waals surface area (Å²) in [6.07, 6.45) is 2.24. The van der Waals surface area contributed by atoms with Gasteiger partial charge in [-0.15, -0.1) is 17.3 Å². The number of fused-ring (bicyclic) bond motifs is 3. The topological polar surface area (TPSA) is 18.5 Å². The Hall–Kier alpha value is -2.18. The minimum atomic E-state index is 0.433. The molecule has 1 aromatic heterocycles. The summed E-state index contributed by atoms with van der Waals surface area (Å²) in [6, 6.07) is 8.51. The fourth-order valence-electron chi connectivity index (χ4n) is 2.96. The van der Waals surface area contributed by atoms with Crippen LogP contribution in [0.25, 0.3) is 20.2 Å². The van der Waals surface area contributed by atoms with Crippen molar-refractivity contribution in [2.24, 2.45) is 0 Å². The van der Waals surface area contributed by atoms with E-state index in [1.165, 1.54) is 31.3 Å². The highest BCUT2D eigenvalue weighted by Gasteiger charge is 2.14. The highest BCUT2D eigenvalue weighted by atomic mass is 32.1. The molecule has 0 unspecified atom stereocenters. The first-order valence-electron chi connectivity index (χ1n) is 8.78. The van der Waals surface area contributed by atoms with Crippen molar-refractivity contribution in [3.8, 4) is 23.3 Å². The van der Waals surface area contributed by atoms with Crippen molar-refractivity contribution in [2.75, 3.05) is 13.2 Å². The zero-order valence-corrected chi connectivity index (χ0v) is 16.2. The lowest BCUT2D eigenvalue weighted by atomic mass is 10.1. The van der Waals surface area contributed by atoms with Gasteiger partial charge in [0.15, 0.2) is 0 Å². The molecule has 0 saturated carbocycles. The van der Waals surface area contributed by atoms with E-state index in [4.69, 9.17) is 9.47 Å². The van der Waals surface area contributed by atoms with Crippen LogP contribution in [-0.2, 0) is 0 Å². The fourth-order valence-corrected chi connectivity index (χ4v) is 4.25. The van der Waals surface area contributed by atoms with E-state index in [9.17, 15) is 0 Å². The molecule has 0 N–H and O–H groups in total. The molecule has 3 aromatic rings. The van der Waals surface area contributed by atoms with Gasteiger partial charge in [-0.05, 0) is 51.5 Å². The first-order valence-corrected chi connectivity index (χ1v) is 9.59. The van der Waals surface area contributed by atoms with Crippen molar-refractivity contribution in [2.45, 2.75) is 40.5 Å². The summed E-state index contributed by atoms with van der Waals surface area (Å²) in [4.78, 5) is 0. The predicted molar refractivity (Wildman–Crippen MR) is 108 cm³/mol. The monoisotopic (exact) mass is 352 g/mol. The highest BCUT2D eigenvalue weighted by molar-refractivity contribution is 7.26. The summed E-state index contributed by atoms with van der Waals surface area (Å²) in [6.45, 7) is 9.50. The number of unbranched alkanes of at least 4 members (excludes halogenated alkanes) is 1. The van der Waals surface area contributed by atoms with Crippen molar-refractivity contribution in [1.82, 2.24) is 0 Å². The molecular weight excluding hydrogens is 328 g/mol. The molecule has 0 fully saturated rings. The normalized spacial score (nSPS) is 10.7. The van der Waals surface area contributed by atoms with Crippen LogP contribution < -0.4 is 9.47 Å². The first-order chi connectivity index (χ1) is 12.2. The van der Waals surface area contributed by atoms with Crippen LogP contribution in [0.15, 0.2) is 24.3 Å². The second-order valence-electron chi connectivity index (χ2n) is 6.15. The minimum absolute atomic E-state index is 0.433. The molecule has 0 saturated heterocycles. The summed E-state index contributed by atoms with van der Waals surface area (Å²) in [5.74, 6) is 7.73. The number of hydrogen-bond donors (Lipinski definition) is 0. The third-order valence-corrected chi connectivity index (χ3v) is 5.90. The summed E-state index contributed by atoms with van der Waals surface area (Å²) in [7, 11) is 0. The van der Waals surface area contributed by atoms with E-state index in [0.717, 1.165) is 30.9 Å². The van der Waals surface area contributed by atoms with Crippen molar-refractivity contribution < 1.29 is 9.47 Å². The van der Waals surface area contributed by atoms with Crippen LogP contribution >= 0.6 is 11.3 Å². The lowest BCUT2D eigenvalue weighted by molar-refractivity contribution is 0.308. The van der Waals surface area contributed by atoms with Gasteiger partial charge in [0.2, 0.25) is 0 Å². The molecule has 25 heavy (non-hydrogen) atoms. The molecule has 0 atom stereocenters. The lowest BCUT2D eigenvalue weighted by Crippen LogP contribution is -1.97. The second-order valence-corrected chi connectivity index (χ2v) is 7.17. The van der Waals surface area contributed by atoms with Gasteiger partial charge < -0.3 is 9.47 Å². The number of rotatable bonds is 6. The van der Waals surface area contributed by atoms with Crippen LogP contribution in [0.5, 0.6) is 11.5 Å². The summed E-state index contributed by atoms with van der Waals surface area (Å²) < 4.78 is 14.4. The van der Waals surface area contributed by atoms with Gasteiger partial charge in [-0.1, -0.05) is 19.3 Å².